The van der Waals surface area contributed by atoms with Gasteiger partial charge in [-0.1, -0.05) is 31.0 Å². The zero-order chi connectivity index (χ0) is 20.8. The van der Waals surface area contributed by atoms with Crippen LogP contribution in [0.1, 0.15) is 60.0 Å². The summed E-state index contributed by atoms with van der Waals surface area (Å²) in [6.45, 7) is 3.96. The number of benzene rings is 1. The first-order valence-corrected chi connectivity index (χ1v) is 11.0. The Morgan fingerprint density at radius 1 is 0.967 bits per heavy atom. The number of anilines is 1. The Morgan fingerprint density at radius 2 is 1.80 bits per heavy atom. The normalized spacial score (nSPS) is 17.1. The lowest BCUT2D eigenvalue weighted by Crippen LogP contribution is -2.26. The van der Waals surface area contributed by atoms with Crippen molar-refractivity contribution in [1.29, 1.82) is 0 Å². The van der Waals surface area contributed by atoms with Crippen LogP contribution in [0.4, 0.5) is 5.82 Å². The highest BCUT2D eigenvalue weighted by molar-refractivity contribution is 5.94. The Labute approximate surface area is 178 Å². The minimum atomic E-state index is -0.110. The molecule has 158 valence electrons. The van der Waals surface area contributed by atoms with E-state index >= 15 is 0 Å². The number of nitrogens with one attached hydrogen (secondary N) is 1. The lowest BCUT2D eigenvalue weighted by Gasteiger charge is -2.21. The summed E-state index contributed by atoms with van der Waals surface area (Å²) in [5.74, 6) is 1.11. The van der Waals surface area contributed by atoms with Crippen molar-refractivity contribution in [2.45, 2.75) is 51.6 Å². The van der Waals surface area contributed by atoms with Crippen LogP contribution in [-0.4, -0.2) is 41.3 Å². The average molecular weight is 407 g/mol. The predicted octanol–water partition coefficient (Wildman–Crippen LogP) is 3.51. The van der Waals surface area contributed by atoms with Crippen LogP contribution in [0.25, 0.3) is 0 Å². The van der Waals surface area contributed by atoms with Crippen molar-refractivity contribution in [1.82, 2.24) is 15.2 Å². The van der Waals surface area contributed by atoms with Crippen molar-refractivity contribution in [2.75, 3.05) is 24.5 Å². The van der Waals surface area contributed by atoms with E-state index in [-0.39, 0.29) is 11.8 Å². The van der Waals surface area contributed by atoms with Gasteiger partial charge in [-0.2, -0.15) is 0 Å². The van der Waals surface area contributed by atoms with Crippen LogP contribution in [0.5, 0.6) is 0 Å². The topological polar surface area (TPSA) is 65.5 Å². The van der Waals surface area contributed by atoms with Gasteiger partial charge in [0.15, 0.2) is 0 Å². The van der Waals surface area contributed by atoms with E-state index in [9.17, 15) is 9.59 Å². The molecule has 2 fully saturated rings. The number of rotatable bonds is 6. The number of likely N-dealkylation sites (tertiary alicyclic amines) is 1. The van der Waals surface area contributed by atoms with Crippen molar-refractivity contribution < 1.29 is 9.59 Å². The first-order chi connectivity index (χ1) is 14.7. The number of amides is 2. The van der Waals surface area contributed by atoms with E-state index in [4.69, 9.17) is 0 Å². The van der Waals surface area contributed by atoms with Crippen molar-refractivity contribution in [2.24, 2.45) is 0 Å². The van der Waals surface area contributed by atoms with Crippen molar-refractivity contribution in [3.8, 4) is 0 Å². The zero-order valence-electron chi connectivity index (χ0n) is 17.5. The molecule has 6 nitrogen and oxygen atoms in total. The summed E-state index contributed by atoms with van der Waals surface area (Å²) in [6, 6.07) is 11.6. The van der Waals surface area contributed by atoms with E-state index in [1.54, 1.807) is 0 Å². The minimum Gasteiger partial charge on any atom is -0.357 e. The number of pyridine rings is 1. The number of hydrogen-bond acceptors (Lipinski definition) is 4. The lowest BCUT2D eigenvalue weighted by molar-refractivity contribution is -0.128. The Bertz CT molecular complexity index is 873. The Balaban J connectivity index is 1.32. The van der Waals surface area contributed by atoms with Gasteiger partial charge in [-0.05, 0) is 48.6 Å². The van der Waals surface area contributed by atoms with E-state index in [1.165, 1.54) is 25.7 Å². The maximum absolute atomic E-state index is 12.6. The first-order valence-electron chi connectivity index (χ1n) is 11.0. The van der Waals surface area contributed by atoms with Gasteiger partial charge in [0.2, 0.25) is 5.91 Å². The van der Waals surface area contributed by atoms with Gasteiger partial charge < -0.3 is 15.1 Å². The predicted molar refractivity (Wildman–Crippen MR) is 117 cm³/mol. The summed E-state index contributed by atoms with van der Waals surface area (Å²) < 4.78 is 0. The molecule has 2 aliphatic rings. The van der Waals surface area contributed by atoms with E-state index in [1.807, 2.05) is 41.4 Å². The molecule has 0 atom stereocenters. The molecule has 4 rings (SSSR count). The fourth-order valence-corrected chi connectivity index (χ4v) is 4.19. The number of nitrogens with zero attached hydrogens (tertiary/aromatic N) is 3. The molecule has 2 aromatic rings. The van der Waals surface area contributed by atoms with E-state index in [0.717, 1.165) is 43.0 Å². The van der Waals surface area contributed by atoms with Crippen molar-refractivity contribution in [3.05, 3.63) is 59.3 Å². The number of hydrogen-bond donors (Lipinski definition) is 1. The third kappa shape index (κ3) is 5.17. The standard InChI is InChI=1S/C24H30N4O2/c29-23-9-6-14-28(23)18-19-7-5-8-21(15-19)24(30)26-17-20-10-11-22(25-16-20)27-12-3-1-2-4-13-27/h5,7-8,10-11,15-16H,1-4,6,9,12-14,17-18H2,(H,26,30). The first kappa shape index (κ1) is 20.4. The zero-order valence-corrected chi connectivity index (χ0v) is 17.5. The third-order valence-corrected chi connectivity index (χ3v) is 5.93. The summed E-state index contributed by atoms with van der Waals surface area (Å²) >= 11 is 0. The van der Waals surface area contributed by atoms with Crippen LogP contribution in [0.2, 0.25) is 0 Å². The van der Waals surface area contributed by atoms with E-state index in [2.05, 4.69) is 21.3 Å². The minimum absolute atomic E-state index is 0.110. The fraction of sp³-hybridized carbons (Fsp3) is 0.458. The van der Waals surface area contributed by atoms with Gasteiger partial charge in [-0.25, -0.2) is 4.98 Å². The maximum atomic E-state index is 12.6. The Morgan fingerprint density at radius 3 is 2.50 bits per heavy atom. The smallest absolute Gasteiger partial charge is 0.251 e. The van der Waals surface area contributed by atoms with Crippen LogP contribution < -0.4 is 10.2 Å². The molecule has 1 aromatic heterocycles. The number of carbonyl (C=O) groups excluding carboxylic acids is 2. The highest BCUT2D eigenvalue weighted by Gasteiger charge is 2.20. The third-order valence-electron chi connectivity index (χ3n) is 5.93. The highest BCUT2D eigenvalue weighted by atomic mass is 16.2. The van der Waals surface area contributed by atoms with Gasteiger partial charge in [0.1, 0.15) is 5.82 Å². The Kier molecular flexibility index (Phi) is 6.62. The van der Waals surface area contributed by atoms with Gasteiger partial charge in [-0.3, -0.25) is 9.59 Å². The Hall–Kier alpha value is -2.89. The molecule has 1 N–H and O–H groups in total. The van der Waals surface area contributed by atoms with Crippen LogP contribution >= 0.6 is 0 Å². The lowest BCUT2D eigenvalue weighted by atomic mass is 10.1. The van der Waals surface area contributed by atoms with Gasteiger partial charge in [0.05, 0.1) is 0 Å². The summed E-state index contributed by atoms with van der Waals surface area (Å²) in [6.07, 6.45) is 8.46. The molecular formula is C24H30N4O2. The van der Waals surface area contributed by atoms with E-state index in [0.29, 0.717) is 25.1 Å². The molecule has 2 amide bonds. The molecule has 6 heteroatoms. The summed E-state index contributed by atoms with van der Waals surface area (Å²) in [5, 5.41) is 2.98. The molecule has 2 saturated heterocycles. The van der Waals surface area contributed by atoms with Crippen molar-refractivity contribution >= 4 is 17.6 Å². The molecule has 0 unspecified atom stereocenters. The average Bonchev–Trinajstić information content (AvgIpc) is 3.01. The molecule has 2 aliphatic heterocycles. The van der Waals surface area contributed by atoms with Gasteiger partial charge in [0, 0.05) is 50.9 Å². The molecule has 30 heavy (non-hydrogen) atoms. The SMILES string of the molecule is O=C(NCc1ccc(N2CCCCCC2)nc1)c1cccc(CN2CCCC2=O)c1. The number of carbonyl (C=O) groups is 2. The summed E-state index contributed by atoms with van der Waals surface area (Å²) in [7, 11) is 0. The molecule has 1 aromatic carbocycles. The van der Waals surface area contributed by atoms with Gasteiger partial charge in [-0.15, -0.1) is 0 Å². The molecule has 0 spiro atoms. The van der Waals surface area contributed by atoms with Crippen molar-refractivity contribution in [3.63, 3.8) is 0 Å². The second kappa shape index (κ2) is 9.74. The molecule has 3 heterocycles. The fourth-order valence-electron chi connectivity index (χ4n) is 4.19. The molecule has 0 saturated carbocycles. The van der Waals surface area contributed by atoms with Gasteiger partial charge in [0.25, 0.3) is 5.91 Å². The quantitative estimate of drug-likeness (QED) is 0.797. The second-order valence-corrected chi connectivity index (χ2v) is 8.23. The summed E-state index contributed by atoms with van der Waals surface area (Å²) in [5.41, 5.74) is 2.59. The monoisotopic (exact) mass is 406 g/mol. The van der Waals surface area contributed by atoms with Crippen LogP contribution in [0.15, 0.2) is 42.6 Å². The van der Waals surface area contributed by atoms with Crippen LogP contribution in [-0.2, 0) is 17.9 Å². The molecule has 0 aliphatic carbocycles. The summed E-state index contributed by atoms with van der Waals surface area (Å²) in [4.78, 5) is 33.3. The molecule has 0 bridgehead atoms. The largest absolute Gasteiger partial charge is 0.357 e. The van der Waals surface area contributed by atoms with Crippen LogP contribution in [0.3, 0.4) is 0 Å². The molecular weight excluding hydrogens is 376 g/mol. The van der Waals surface area contributed by atoms with Crippen LogP contribution in [0, 0.1) is 0 Å². The second-order valence-electron chi connectivity index (χ2n) is 8.23. The van der Waals surface area contributed by atoms with Gasteiger partial charge >= 0.3 is 0 Å². The molecule has 0 radical (unpaired) electrons. The maximum Gasteiger partial charge on any atom is 0.251 e. The van der Waals surface area contributed by atoms with E-state index < -0.39 is 0 Å². The number of aromatic nitrogens is 1. The highest BCUT2D eigenvalue weighted by Crippen LogP contribution is 2.18.